The van der Waals surface area contributed by atoms with Crippen molar-refractivity contribution in [1.82, 2.24) is 0 Å². The van der Waals surface area contributed by atoms with Crippen molar-refractivity contribution in [1.29, 1.82) is 0 Å². The first-order chi connectivity index (χ1) is 14.1. The number of nitrogens with two attached hydrogens (primary N) is 1. The van der Waals surface area contributed by atoms with Gasteiger partial charge in [-0.15, -0.1) is 0 Å². The molecule has 0 heterocycles. The molecule has 0 bridgehead atoms. The Labute approximate surface area is 179 Å². The van der Waals surface area contributed by atoms with Crippen LogP contribution in [0.4, 0.5) is 11.4 Å². The van der Waals surface area contributed by atoms with E-state index in [1.165, 1.54) is 26.2 Å². The molecule has 0 saturated carbocycles. The number of benzene rings is 2. The Hall–Kier alpha value is -2.98. The van der Waals surface area contributed by atoms with Gasteiger partial charge in [-0.3, -0.25) is 14.3 Å². The van der Waals surface area contributed by atoms with Gasteiger partial charge in [-0.25, -0.2) is 8.42 Å². The minimum absolute atomic E-state index is 0.0489. The minimum atomic E-state index is -3.41. The molecule has 0 aliphatic rings. The van der Waals surface area contributed by atoms with Crippen molar-refractivity contribution in [3.05, 3.63) is 46.5 Å². The van der Waals surface area contributed by atoms with E-state index in [-0.39, 0.29) is 27.8 Å². The maximum absolute atomic E-state index is 12.6. The number of halogens is 1. The molecular weight excluding hydrogens is 434 g/mol. The molecule has 0 atom stereocenters. The summed E-state index contributed by atoms with van der Waals surface area (Å²) in [6.07, 6.45) is 0. The highest BCUT2D eigenvalue weighted by atomic mass is 35.5. The van der Waals surface area contributed by atoms with Gasteiger partial charge >= 0.3 is 0 Å². The fraction of sp³-hybridized carbons (Fsp3) is 0.263. The summed E-state index contributed by atoms with van der Waals surface area (Å²) in [6, 6.07) is 7.54. The molecule has 0 spiro atoms. The largest absolute Gasteiger partial charge is 0.493 e. The summed E-state index contributed by atoms with van der Waals surface area (Å²) in [5.41, 5.74) is 6.77. The number of hydrogen-bond donors (Lipinski definition) is 3. The molecule has 0 aliphatic heterocycles. The fourth-order valence-electron chi connectivity index (χ4n) is 2.43. The summed E-state index contributed by atoms with van der Waals surface area (Å²) in [4.78, 5) is 23.5. The molecular formula is C19H22ClN3O6S. The molecule has 0 aliphatic carbocycles. The SMILES string of the molecule is CCS(=O)(=O)Nc1ccc(NC(=O)c2cc(Cl)c(OCC(N)=O)c(OC)c2)cc1C. The minimum Gasteiger partial charge on any atom is -0.493 e. The zero-order chi connectivity index (χ0) is 22.5. The molecule has 9 nitrogen and oxygen atoms in total. The third kappa shape index (κ3) is 6.01. The van der Waals surface area contributed by atoms with Crippen LogP contribution in [0.5, 0.6) is 11.5 Å². The second-order valence-electron chi connectivity index (χ2n) is 6.23. The molecule has 4 N–H and O–H groups in total. The lowest BCUT2D eigenvalue weighted by atomic mass is 10.1. The van der Waals surface area contributed by atoms with Crippen LogP contribution in [0, 0.1) is 6.92 Å². The van der Waals surface area contributed by atoms with Gasteiger partial charge in [0.05, 0.1) is 23.6 Å². The molecule has 0 fully saturated rings. The summed E-state index contributed by atoms with van der Waals surface area (Å²) in [7, 11) is -2.04. The Morgan fingerprint density at radius 2 is 1.90 bits per heavy atom. The van der Waals surface area contributed by atoms with Gasteiger partial charge in [-0.1, -0.05) is 11.6 Å². The summed E-state index contributed by atoms with van der Waals surface area (Å²) in [5.74, 6) is -0.951. The number of aryl methyl sites for hydroxylation is 1. The average Bonchev–Trinajstić information content (AvgIpc) is 2.68. The smallest absolute Gasteiger partial charge is 0.255 e. The van der Waals surface area contributed by atoms with Crippen molar-refractivity contribution in [2.45, 2.75) is 13.8 Å². The number of nitrogens with one attached hydrogen (secondary N) is 2. The lowest BCUT2D eigenvalue weighted by Crippen LogP contribution is -2.20. The lowest BCUT2D eigenvalue weighted by molar-refractivity contribution is -0.119. The van der Waals surface area contributed by atoms with Gasteiger partial charge in [-0.2, -0.15) is 0 Å². The number of hydrogen-bond acceptors (Lipinski definition) is 6. The van der Waals surface area contributed by atoms with Gasteiger partial charge in [0.2, 0.25) is 10.0 Å². The molecule has 30 heavy (non-hydrogen) atoms. The van der Waals surface area contributed by atoms with Crippen LogP contribution in [0.3, 0.4) is 0 Å². The van der Waals surface area contributed by atoms with Crippen molar-refractivity contribution >= 4 is 44.8 Å². The topological polar surface area (TPSA) is 137 Å². The Morgan fingerprint density at radius 1 is 1.20 bits per heavy atom. The Balaban J connectivity index is 2.22. The molecule has 0 saturated heterocycles. The zero-order valence-corrected chi connectivity index (χ0v) is 18.2. The van der Waals surface area contributed by atoms with E-state index < -0.39 is 28.4 Å². The number of ether oxygens (including phenoxy) is 2. The maximum atomic E-state index is 12.6. The highest BCUT2D eigenvalue weighted by Crippen LogP contribution is 2.36. The van der Waals surface area contributed by atoms with Crippen LogP contribution in [-0.2, 0) is 14.8 Å². The molecule has 0 unspecified atom stereocenters. The van der Waals surface area contributed by atoms with E-state index >= 15 is 0 Å². The van der Waals surface area contributed by atoms with Crippen molar-refractivity contribution in [3.8, 4) is 11.5 Å². The predicted octanol–water partition coefficient (Wildman–Crippen LogP) is 2.54. The summed E-state index contributed by atoms with van der Waals surface area (Å²) in [6.45, 7) is 2.86. The van der Waals surface area contributed by atoms with Crippen LogP contribution < -0.4 is 25.2 Å². The van der Waals surface area contributed by atoms with Crippen LogP contribution in [-0.4, -0.2) is 39.7 Å². The Morgan fingerprint density at radius 3 is 2.47 bits per heavy atom. The van der Waals surface area contributed by atoms with Crippen LogP contribution in [0.25, 0.3) is 0 Å². The number of primary amides is 1. The number of amides is 2. The third-order valence-corrected chi connectivity index (χ3v) is 5.55. The van der Waals surface area contributed by atoms with Crippen molar-refractivity contribution in [2.24, 2.45) is 5.73 Å². The normalized spacial score (nSPS) is 10.9. The molecule has 2 aromatic carbocycles. The van der Waals surface area contributed by atoms with Gasteiger partial charge in [0.1, 0.15) is 0 Å². The summed E-state index contributed by atoms with van der Waals surface area (Å²) in [5, 5.41) is 2.78. The van der Waals surface area contributed by atoms with Gasteiger partial charge < -0.3 is 20.5 Å². The monoisotopic (exact) mass is 455 g/mol. The standard InChI is InChI=1S/C19H22ClN3O6S/c1-4-30(26,27)23-15-6-5-13(7-11(15)2)22-19(25)12-8-14(20)18(16(9-12)28-3)29-10-17(21)24/h5-9,23H,4,10H2,1-3H3,(H2,21,24)(H,22,25). The lowest BCUT2D eigenvalue weighted by Gasteiger charge is -2.14. The maximum Gasteiger partial charge on any atom is 0.255 e. The van der Waals surface area contributed by atoms with E-state index in [9.17, 15) is 18.0 Å². The van der Waals surface area contributed by atoms with E-state index in [2.05, 4.69) is 10.0 Å². The van der Waals surface area contributed by atoms with Crippen LogP contribution >= 0.6 is 11.6 Å². The highest BCUT2D eigenvalue weighted by molar-refractivity contribution is 7.92. The van der Waals surface area contributed by atoms with E-state index in [1.54, 1.807) is 25.1 Å². The number of carbonyl (C=O) groups is 2. The van der Waals surface area contributed by atoms with E-state index in [1.807, 2.05) is 0 Å². The van der Waals surface area contributed by atoms with Gasteiger partial charge in [0, 0.05) is 11.3 Å². The van der Waals surface area contributed by atoms with Crippen LogP contribution in [0.2, 0.25) is 5.02 Å². The quantitative estimate of drug-likeness (QED) is 0.531. The number of rotatable bonds is 9. The van der Waals surface area contributed by atoms with Crippen LogP contribution in [0.1, 0.15) is 22.8 Å². The van der Waals surface area contributed by atoms with Crippen molar-refractivity contribution < 1.29 is 27.5 Å². The van der Waals surface area contributed by atoms with E-state index in [0.29, 0.717) is 16.9 Å². The van der Waals surface area contributed by atoms with Gasteiger partial charge in [0.15, 0.2) is 18.1 Å². The average molecular weight is 456 g/mol. The first-order valence-electron chi connectivity index (χ1n) is 8.77. The number of sulfonamides is 1. The highest BCUT2D eigenvalue weighted by Gasteiger charge is 2.17. The molecule has 162 valence electrons. The Kier molecular flexibility index (Phi) is 7.52. The molecule has 2 amide bonds. The van der Waals surface area contributed by atoms with E-state index in [0.717, 1.165) is 0 Å². The zero-order valence-electron chi connectivity index (χ0n) is 16.6. The molecule has 2 aromatic rings. The number of anilines is 2. The van der Waals surface area contributed by atoms with Gasteiger partial charge in [0.25, 0.3) is 11.8 Å². The van der Waals surface area contributed by atoms with Crippen molar-refractivity contribution in [3.63, 3.8) is 0 Å². The second kappa shape index (κ2) is 9.68. The number of methoxy groups -OCH3 is 1. The third-order valence-electron chi connectivity index (χ3n) is 3.98. The molecule has 11 heteroatoms. The van der Waals surface area contributed by atoms with E-state index in [4.69, 9.17) is 26.8 Å². The molecule has 2 rings (SSSR count). The second-order valence-corrected chi connectivity index (χ2v) is 8.65. The Bertz CT molecular complexity index is 1070. The summed E-state index contributed by atoms with van der Waals surface area (Å²) >= 11 is 6.16. The van der Waals surface area contributed by atoms with Gasteiger partial charge in [-0.05, 0) is 49.7 Å². The number of carbonyl (C=O) groups excluding carboxylic acids is 2. The fourth-order valence-corrected chi connectivity index (χ4v) is 3.41. The predicted molar refractivity (Wildman–Crippen MR) is 115 cm³/mol. The molecule has 0 radical (unpaired) electrons. The first kappa shape index (κ1) is 23.3. The molecule has 0 aromatic heterocycles. The first-order valence-corrected chi connectivity index (χ1v) is 10.8. The van der Waals surface area contributed by atoms with Crippen LogP contribution in [0.15, 0.2) is 30.3 Å². The van der Waals surface area contributed by atoms with Crippen molar-refractivity contribution in [2.75, 3.05) is 29.5 Å². The summed E-state index contributed by atoms with van der Waals surface area (Å²) < 4.78 is 36.4.